The van der Waals surface area contributed by atoms with Gasteiger partial charge < -0.3 is 39.6 Å². The number of halogens is 4. The van der Waals surface area contributed by atoms with Gasteiger partial charge in [0.25, 0.3) is 5.56 Å². The summed E-state index contributed by atoms with van der Waals surface area (Å²) in [7, 11) is 2.17. The third-order valence-electron chi connectivity index (χ3n) is 14.4. The number of para-hydroxylation sites is 1. The second-order valence-corrected chi connectivity index (χ2v) is 19.7. The number of H-pyrrole nitrogens is 1. The van der Waals surface area contributed by atoms with Gasteiger partial charge >= 0.3 is 30.1 Å². The van der Waals surface area contributed by atoms with Gasteiger partial charge in [-0.2, -0.15) is 18.3 Å². The van der Waals surface area contributed by atoms with Crippen LogP contribution in [-0.4, -0.2) is 153 Å². The number of rotatable bonds is 13. The molecule has 402 valence electrons. The zero-order valence-corrected chi connectivity index (χ0v) is 42.9. The first-order valence-electron chi connectivity index (χ1n) is 25.2. The molecule has 3 N–H and O–H groups in total. The molecule has 0 aliphatic carbocycles. The zero-order chi connectivity index (χ0) is 54.1. The SMILES string of the molecule is Cc1cc(C[C@@H](NC(=O)N2CCC(c3cc4ccccc4[nH]c3=O)CC2)C(=O)N2CCN(C3CCN(C)CC3)CC2)cc2cnn(COC(=O)c3ccc(Cc4ccc(C(=O)OCCl)cc4)cc3)c12.O=C(O)C(F)(F)F. The summed E-state index contributed by atoms with van der Waals surface area (Å²) in [5.41, 5.74) is 6.81. The highest BCUT2D eigenvalue weighted by Gasteiger charge is 2.38. The Bertz CT molecular complexity index is 3090. The number of hydrogen-bond acceptors (Lipinski definition) is 11. The molecular formula is C55H60ClF3N8O9. The fourth-order valence-electron chi connectivity index (χ4n) is 10.3. The van der Waals surface area contributed by atoms with E-state index in [9.17, 15) is 37.1 Å². The van der Waals surface area contributed by atoms with E-state index in [1.54, 1.807) is 40.0 Å². The van der Waals surface area contributed by atoms with E-state index in [1.165, 1.54) is 0 Å². The van der Waals surface area contributed by atoms with Crippen molar-refractivity contribution in [2.45, 2.75) is 76.4 Å². The minimum atomic E-state index is -5.08. The normalized spacial score (nSPS) is 16.4. The molecule has 0 spiro atoms. The molecular weight excluding hydrogens is 1010 g/mol. The van der Waals surface area contributed by atoms with Crippen molar-refractivity contribution in [3.63, 3.8) is 0 Å². The summed E-state index contributed by atoms with van der Waals surface area (Å²) in [6, 6.07) is 27.2. The number of hydrogen-bond donors (Lipinski definition) is 3. The minimum absolute atomic E-state index is 0.0196. The number of nitrogens with one attached hydrogen (secondary N) is 2. The van der Waals surface area contributed by atoms with Gasteiger partial charge in [-0.25, -0.2) is 23.9 Å². The number of piperazine rings is 1. The Morgan fingerprint density at radius 2 is 1.38 bits per heavy atom. The van der Waals surface area contributed by atoms with Crippen LogP contribution >= 0.6 is 11.6 Å². The van der Waals surface area contributed by atoms with Crippen molar-refractivity contribution in [3.05, 3.63) is 146 Å². The lowest BCUT2D eigenvalue weighted by atomic mass is 9.89. The smallest absolute Gasteiger partial charge is 0.475 e. The molecule has 5 heterocycles. The van der Waals surface area contributed by atoms with Gasteiger partial charge in [0.2, 0.25) is 5.91 Å². The number of amides is 3. The van der Waals surface area contributed by atoms with Crippen LogP contribution in [-0.2, 0) is 38.6 Å². The molecule has 21 heteroatoms. The number of aromatic nitrogens is 3. The molecule has 0 unspecified atom stereocenters. The number of esters is 2. The number of carboxylic acids is 1. The molecule has 3 saturated heterocycles. The number of fused-ring (bicyclic) bond motifs is 2. The molecule has 9 rings (SSSR count). The first kappa shape index (κ1) is 55.0. The second kappa shape index (κ2) is 24.6. The number of likely N-dealkylation sites (tertiary alicyclic amines) is 2. The number of aromatic amines is 1. The van der Waals surface area contributed by atoms with Crippen molar-refractivity contribution in [1.82, 2.24) is 39.7 Å². The number of carbonyl (C=O) groups is 5. The predicted molar refractivity (Wildman–Crippen MR) is 278 cm³/mol. The predicted octanol–water partition coefficient (Wildman–Crippen LogP) is 7.32. The number of carbonyl (C=O) groups excluding carboxylic acids is 4. The minimum Gasteiger partial charge on any atom is -0.475 e. The van der Waals surface area contributed by atoms with Crippen molar-refractivity contribution >= 4 is 63.3 Å². The highest BCUT2D eigenvalue weighted by Crippen LogP contribution is 2.29. The number of carboxylic acid groups (broad SMARTS) is 1. The Labute approximate surface area is 441 Å². The van der Waals surface area contributed by atoms with Gasteiger partial charge in [-0.05, 0) is 135 Å². The highest BCUT2D eigenvalue weighted by molar-refractivity contribution is 6.17. The van der Waals surface area contributed by atoms with E-state index in [-0.39, 0.29) is 42.6 Å². The maximum atomic E-state index is 14.5. The molecule has 1 atom stereocenters. The van der Waals surface area contributed by atoms with Crippen molar-refractivity contribution in [2.75, 3.05) is 65.5 Å². The third-order valence-corrected chi connectivity index (χ3v) is 14.5. The Hall–Kier alpha value is -7.29. The maximum absolute atomic E-state index is 14.5. The van der Waals surface area contributed by atoms with Crippen LogP contribution in [0.3, 0.4) is 0 Å². The van der Waals surface area contributed by atoms with Crippen molar-refractivity contribution in [2.24, 2.45) is 0 Å². The van der Waals surface area contributed by atoms with Gasteiger partial charge in [0.05, 0.1) is 22.8 Å². The first-order chi connectivity index (χ1) is 36.4. The van der Waals surface area contributed by atoms with Gasteiger partial charge in [0.15, 0.2) is 12.8 Å². The van der Waals surface area contributed by atoms with E-state index >= 15 is 0 Å². The maximum Gasteiger partial charge on any atom is 0.490 e. The van der Waals surface area contributed by atoms with Crippen LogP contribution < -0.4 is 10.9 Å². The summed E-state index contributed by atoms with van der Waals surface area (Å²) in [4.78, 5) is 87.3. The second-order valence-electron chi connectivity index (χ2n) is 19.5. The molecule has 0 saturated carbocycles. The Morgan fingerprint density at radius 1 is 0.776 bits per heavy atom. The number of nitrogens with zero attached hydrogens (tertiary/aromatic N) is 6. The molecule has 0 bridgehead atoms. The summed E-state index contributed by atoms with van der Waals surface area (Å²) in [6.45, 7) is 7.75. The van der Waals surface area contributed by atoms with Crippen LogP contribution in [0.25, 0.3) is 21.8 Å². The molecule has 76 heavy (non-hydrogen) atoms. The molecule has 3 aliphatic heterocycles. The number of alkyl halides is 4. The van der Waals surface area contributed by atoms with Crippen LogP contribution in [0.4, 0.5) is 18.0 Å². The van der Waals surface area contributed by atoms with Crippen molar-refractivity contribution in [3.8, 4) is 0 Å². The van der Waals surface area contributed by atoms with Gasteiger partial charge in [0.1, 0.15) is 6.04 Å². The summed E-state index contributed by atoms with van der Waals surface area (Å²) in [5, 5.41) is 16.7. The van der Waals surface area contributed by atoms with Crippen LogP contribution in [0.15, 0.2) is 102 Å². The van der Waals surface area contributed by atoms with E-state index in [0.717, 1.165) is 88.6 Å². The monoisotopic (exact) mass is 1070 g/mol. The average Bonchev–Trinajstić information content (AvgIpc) is 3.86. The van der Waals surface area contributed by atoms with Crippen LogP contribution in [0.1, 0.15) is 80.1 Å². The fraction of sp³-hybridized carbons (Fsp3) is 0.400. The largest absolute Gasteiger partial charge is 0.490 e. The topological polar surface area (TPSA) is 200 Å². The van der Waals surface area contributed by atoms with E-state index in [0.29, 0.717) is 62.6 Å². The first-order valence-corrected chi connectivity index (χ1v) is 25.7. The number of urea groups is 1. The lowest BCUT2D eigenvalue weighted by Gasteiger charge is -2.43. The van der Waals surface area contributed by atoms with Crippen LogP contribution in [0, 0.1) is 6.92 Å². The van der Waals surface area contributed by atoms with Gasteiger partial charge in [0, 0.05) is 68.2 Å². The lowest BCUT2D eigenvalue weighted by molar-refractivity contribution is -0.192. The summed E-state index contributed by atoms with van der Waals surface area (Å²) in [5.74, 6) is -3.80. The van der Waals surface area contributed by atoms with Crippen LogP contribution in [0.5, 0.6) is 0 Å². The summed E-state index contributed by atoms with van der Waals surface area (Å²) in [6.07, 6.45) is 1.06. The summed E-state index contributed by atoms with van der Waals surface area (Å²) >= 11 is 5.51. The van der Waals surface area contributed by atoms with E-state index < -0.39 is 30.1 Å². The van der Waals surface area contributed by atoms with Gasteiger partial charge in [-0.1, -0.05) is 60.1 Å². The molecule has 4 aromatic carbocycles. The molecule has 3 fully saturated rings. The number of benzene rings is 4. The van der Waals surface area contributed by atoms with E-state index in [4.69, 9.17) is 31.0 Å². The zero-order valence-electron chi connectivity index (χ0n) is 42.2. The van der Waals surface area contributed by atoms with Gasteiger partial charge in [-0.15, -0.1) is 0 Å². The summed E-state index contributed by atoms with van der Waals surface area (Å²) < 4.78 is 44.0. The molecule has 0 radical (unpaired) electrons. The Kier molecular flexibility index (Phi) is 17.8. The fourth-order valence-corrected chi connectivity index (χ4v) is 10.4. The lowest BCUT2D eigenvalue weighted by Crippen LogP contribution is -2.59. The standard InChI is InChI=1S/C53H59ClN8O7.C2HF3O2/c1-35-27-38(29-43-32-55-62(48(35)43)34-69-52(66)41-13-9-37(10-14-41)28-36-7-11-40(12-8-36)51(65)68-33-54)30-47(50(64)60-25-23-59(24-26-60)44-17-19-58(2)20-18-44)57-53(67)61-21-15-39(16-22-61)45-31-42-5-3-4-6-46(42)56-49(45)63;3-2(4,5)1(6)7/h3-14,27,29,31-32,39,44,47H,15-26,28,30,33-34H2,1-2H3,(H,56,63)(H,57,67);(H,6,7)/t47-;/m1./s1. The van der Waals surface area contributed by atoms with Crippen LogP contribution in [0.2, 0.25) is 0 Å². The Balaban J connectivity index is 0.00000102. The molecule has 3 amide bonds. The number of aryl methyl sites for hydroxylation is 1. The molecule has 3 aliphatic rings. The number of pyridine rings is 1. The molecule has 17 nitrogen and oxygen atoms in total. The van der Waals surface area contributed by atoms with Gasteiger partial charge in [-0.3, -0.25) is 14.5 Å². The number of aliphatic carboxylic acids is 1. The Morgan fingerprint density at radius 3 is 1.99 bits per heavy atom. The molecule has 2 aromatic heterocycles. The molecule has 6 aromatic rings. The van der Waals surface area contributed by atoms with E-state index in [1.807, 2.05) is 78.6 Å². The average molecular weight is 1070 g/mol. The highest BCUT2D eigenvalue weighted by atomic mass is 35.5. The number of piperidine rings is 2. The van der Waals surface area contributed by atoms with Crippen molar-refractivity contribution in [1.29, 1.82) is 0 Å². The van der Waals surface area contributed by atoms with E-state index in [2.05, 4.69) is 32.2 Å². The van der Waals surface area contributed by atoms with Crippen molar-refractivity contribution < 1.29 is 51.7 Å². The third kappa shape index (κ3) is 13.8. The number of ether oxygens (including phenoxy) is 2. The quantitative estimate of drug-likeness (QED) is 0.0771.